The molecule has 0 rings (SSSR count). The number of aliphatic hydroxyl groups is 1. The Hall–Kier alpha value is -1.39. The fourth-order valence-electron chi connectivity index (χ4n) is 6.46. The summed E-state index contributed by atoms with van der Waals surface area (Å²) in [6.45, 7) is 5.24. The number of hydrogen-bond acceptors (Lipinski definition) is 4. The summed E-state index contributed by atoms with van der Waals surface area (Å²) < 4.78 is 11.2. The summed E-state index contributed by atoms with van der Waals surface area (Å²) in [6, 6.07) is 0. The van der Waals surface area contributed by atoms with Gasteiger partial charge in [0.25, 0.3) is 0 Å². The van der Waals surface area contributed by atoms with Gasteiger partial charge < -0.3 is 14.6 Å². The van der Waals surface area contributed by atoms with E-state index in [1.165, 1.54) is 161 Å². The lowest BCUT2D eigenvalue weighted by Crippen LogP contribution is -2.27. The Bertz CT molecular complexity index is 742. The number of allylic oxidation sites excluding steroid dienone is 6. The van der Waals surface area contributed by atoms with Crippen molar-refractivity contribution >= 4 is 5.97 Å². The summed E-state index contributed by atoms with van der Waals surface area (Å²) in [4.78, 5) is 12.2. The Balaban J connectivity index is 3.39. The molecule has 0 aliphatic rings. The van der Waals surface area contributed by atoms with E-state index in [-0.39, 0.29) is 12.6 Å². The highest BCUT2D eigenvalue weighted by atomic mass is 16.6. The molecule has 4 heteroatoms. The van der Waals surface area contributed by atoms with Crippen LogP contribution in [0.15, 0.2) is 36.5 Å². The molecule has 0 aromatic heterocycles. The van der Waals surface area contributed by atoms with Crippen LogP contribution >= 0.6 is 0 Å². The van der Waals surface area contributed by atoms with E-state index in [9.17, 15) is 9.90 Å². The number of aliphatic hydroxyl groups excluding tert-OH is 1. The summed E-state index contributed by atoms with van der Waals surface area (Å²) in [5, 5.41) is 9.60. The molecule has 0 aliphatic carbocycles. The standard InChI is InChI=1S/C46H86O4/c1-3-5-7-9-11-13-15-17-19-21-22-23-24-25-26-27-29-31-33-35-37-39-41-46(48)50-45(43-47)44-49-42-40-38-36-34-32-30-28-20-18-16-14-12-10-8-6-4-2/h6,8,12,14,18,20,45,47H,3-5,7,9-11,13,15-17,19,21-44H2,1-2H3/b8-6-,14-12-,20-18-. The molecule has 4 nitrogen and oxygen atoms in total. The van der Waals surface area contributed by atoms with Gasteiger partial charge in [0.1, 0.15) is 6.10 Å². The Labute approximate surface area is 312 Å². The summed E-state index contributed by atoms with van der Waals surface area (Å²) in [7, 11) is 0. The van der Waals surface area contributed by atoms with Crippen molar-refractivity contribution in [3.8, 4) is 0 Å². The first kappa shape index (κ1) is 48.6. The Kier molecular flexibility index (Phi) is 42.6. The number of carbonyl (C=O) groups excluding carboxylic acids is 1. The maximum Gasteiger partial charge on any atom is 0.306 e. The number of esters is 1. The second kappa shape index (κ2) is 43.8. The molecule has 0 bridgehead atoms. The van der Waals surface area contributed by atoms with E-state index in [2.05, 4.69) is 50.3 Å². The molecule has 0 spiro atoms. The minimum Gasteiger partial charge on any atom is -0.457 e. The van der Waals surface area contributed by atoms with Crippen molar-refractivity contribution in [1.82, 2.24) is 0 Å². The highest BCUT2D eigenvalue weighted by molar-refractivity contribution is 5.69. The van der Waals surface area contributed by atoms with Gasteiger partial charge in [-0.2, -0.15) is 0 Å². The van der Waals surface area contributed by atoms with Crippen LogP contribution in [0.3, 0.4) is 0 Å². The lowest BCUT2D eigenvalue weighted by molar-refractivity contribution is -0.154. The van der Waals surface area contributed by atoms with Crippen LogP contribution in [0.5, 0.6) is 0 Å². The first-order chi connectivity index (χ1) is 24.7. The molecule has 0 heterocycles. The first-order valence-corrected chi connectivity index (χ1v) is 22.1. The van der Waals surface area contributed by atoms with E-state index in [1.54, 1.807) is 0 Å². The van der Waals surface area contributed by atoms with Gasteiger partial charge in [-0.1, -0.05) is 211 Å². The van der Waals surface area contributed by atoms with E-state index in [0.29, 0.717) is 19.6 Å². The van der Waals surface area contributed by atoms with Gasteiger partial charge in [0.2, 0.25) is 0 Å². The Morgan fingerprint density at radius 3 is 1.36 bits per heavy atom. The molecule has 294 valence electrons. The van der Waals surface area contributed by atoms with Crippen molar-refractivity contribution in [3.63, 3.8) is 0 Å². The predicted molar refractivity (Wildman–Crippen MR) is 219 cm³/mol. The molecule has 0 aliphatic heterocycles. The van der Waals surface area contributed by atoms with Crippen LogP contribution in [0.25, 0.3) is 0 Å². The molecule has 0 aromatic carbocycles. The van der Waals surface area contributed by atoms with Gasteiger partial charge in [-0.25, -0.2) is 0 Å². The van der Waals surface area contributed by atoms with Crippen molar-refractivity contribution < 1.29 is 19.4 Å². The molecule has 1 N–H and O–H groups in total. The third-order valence-electron chi connectivity index (χ3n) is 9.73. The van der Waals surface area contributed by atoms with Crippen molar-refractivity contribution in [2.75, 3.05) is 19.8 Å². The van der Waals surface area contributed by atoms with E-state index in [1.807, 2.05) is 0 Å². The third-order valence-corrected chi connectivity index (χ3v) is 9.73. The summed E-state index contributed by atoms with van der Waals surface area (Å²) in [5.74, 6) is -0.202. The second-order valence-electron chi connectivity index (χ2n) is 14.7. The second-order valence-corrected chi connectivity index (χ2v) is 14.7. The Morgan fingerprint density at radius 2 is 0.900 bits per heavy atom. The van der Waals surface area contributed by atoms with Gasteiger partial charge in [-0.15, -0.1) is 0 Å². The minimum atomic E-state index is -0.538. The zero-order chi connectivity index (χ0) is 36.3. The molecule has 0 radical (unpaired) electrons. The topological polar surface area (TPSA) is 55.8 Å². The van der Waals surface area contributed by atoms with Gasteiger partial charge in [-0.05, 0) is 44.9 Å². The maximum atomic E-state index is 12.2. The quantitative estimate of drug-likeness (QED) is 0.0391. The molecule has 1 atom stereocenters. The minimum absolute atomic E-state index is 0.174. The van der Waals surface area contributed by atoms with Crippen molar-refractivity contribution in [2.45, 2.75) is 232 Å². The normalized spacial score (nSPS) is 12.6. The third kappa shape index (κ3) is 41.0. The number of unbranched alkanes of at least 4 members (excludes halogenated alkanes) is 27. The number of rotatable bonds is 41. The van der Waals surface area contributed by atoms with Crippen LogP contribution in [-0.2, 0) is 14.3 Å². The number of carbonyl (C=O) groups is 1. The smallest absolute Gasteiger partial charge is 0.306 e. The molecule has 0 amide bonds. The monoisotopic (exact) mass is 703 g/mol. The fraction of sp³-hybridized carbons (Fsp3) is 0.848. The van der Waals surface area contributed by atoms with E-state index in [0.717, 1.165) is 44.9 Å². The SMILES string of the molecule is CC/C=C\C/C=C\C/C=C\CCCCCCCCOCC(CO)OC(=O)CCCCCCCCCCCCCCCCCCCCCCCC. The van der Waals surface area contributed by atoms with Crippen LogP contribution < -0.4 is 0 Å². The first-order valence-electron chi connectivity index (χ1n) is 22.1. The molecular formula is C46H86O4. The van der Waals surface area contributed by atoms with E-state index in [4.69, 9.17) is 9.47 Å². The van der Waals surface area contributed by atoms with Crippen LogP contribution in [0.2, 0.25) is 0 Å². The van der Waals surface area contributed by atoms with Crippen LogP contribution in [0, 0.1) is 0 Å². The molecule has 0 fully saturated rings. The Morgan fingerprint density at radius 1 is 0.500 bits per heavy atom. The predicted octanol–water partition coefficient (Wildman–Crippen LogP) is 14.5. The molecule has 0 aromatic rings. The average Bonchev–Trinajstić information content (AvgIpc) is 3.12. The summed E-state index contributed by atoms with van der Waals surface area (Å²) in [5.41, 5.74) is 0. The molecule has 0 saturated carbocycles. The maximum absolute atomic E-state index is 12.2. The summed E-state index contributed by atoms with van der Waals surface area (Å²) >= 11 is 0. The molecule has 0 saturated heterocycles. The molecule has 1 unspecified atom stereocenters. The highest BCUT2D eigenvalue weighted by Crippen LogP contribution is 2.16. The van der Waals surface area contributed by atoms with E-state index < -0.39 is 6.10 Å². The highest BCUT2D eigenvalue weighted by Gasteiger charge is 2.13. The van der Waals surface area contributed by atoms with Gasteiger partial charge in [0.15, 0.2) is 0 Å². The van der Waals surface area contributed by atoms with Gasteiger partial charge in [-0.3, -0.25) is 4.79 Å². The van der Waals surface area contributed by atoms with E-state index >= 15 is 0 Å². The van der Waals surface area contributed by atoms with Gasteiger partial charge >= 0.3 is 5.97 Å². The summed E-state index contributed by atoms with van der Waals surface area (Å²) in [6.07, 6.45) is 55.0. The van der Waals surface area contributed by atoms with Gasteiger partial charge in [0.05, 0.1) is 13.2 Å². The number of ether oxygens (including phenoxy) is 2. The van der Waals surface area contributed by atoms with Crippen LogP contribution in [0.4, 0.5) is 0 Å². The molecule has 50 heavy (non-hydrogen) atoms. The lowest BCUT2D eigenvalue weighted by Gasteiger charge is -2.15. The van der Waals surface area contributed by atoms with Crippen molar-refractivity contribution in [1.29, 1.82) is 0 Å². The lowest BCUT2D eigenvalue weighted by atomic mass is 10.0. The zero-order valence-corrected chi connectivity index (χ0v) is 33.7. The van der Waals surface area contributed by atoms with Gasteiger partial charge in [0, 0.05) is 13.0 Å². The number of hydrogen-bond donors (Lipinski definition) is 1. The zero-order valence-electron chi connectivity index (χ0n) is 33.7. The largest absolute Gasteiger partial charge is 0.457 e. The molecular weight excluding hydrogens is 617 g/mol. The van der Waals surface area contributed by atoms with Crippen molar-refractivity contribution in [3.05, 3.63) is 36.5 Å². The average molecular weight is 703 g/mol. The van der Waals surface area contributed by atoms with Crippen LogP contribution in [-0.4, -0.2) is 37.0 Å². The van der Waals surface area contributed by atoms with Crippen molar-refractivity contribution in [2.24, 2.45) is 0 Å². The fourth-order valence-corrected chi connectivity index (χ4v) is 6.46. The van der Waals surface area contributed by atoms with Crippen LogP contribution in [0.1, 0.15) is 226 Å².